The molecule has 290 valence electrons. The van der Waals surface area contributed by atoms with E-state index in [-0.39, 0.29) is 35.4 Å². The van der Waals surface area contributed by atoms with Gasteiger partial charge >= 0.3 is 0 Å². The molecular weight excluding hydrogens is 751 g/mol. The highest BCUT2D eigenvalue weighted by Crippen LogP contribution is 2.47. The van der Waals surface area contributed by atoms with Gasteiger partial charge in [0.1, 0.15) is 11.2 Å². The van der Waals surface area contributed by atoms with Crippen LogP contribution in [0.3, 0.4) is 0 Å². The molecule has 12 aromatic rings. The van der Waals surface area contributed by atoms with Gasteiger partial charge < -0.3 is 9.32 Å². The van der Waals surface area contributed by atoms with Crippen molar-refractivity contribution in [3.05, 3.63) is 236 Å². The number of fused-ring (bicyclic) bond motifs is 7. The maximum Gasteiger partial charge on any atom is 0.143 e. The molecule has 0 atom stereocenters. The van der Waals surface area contributed by atoms with Gasteiger partial charge in [-0.25, -0.2) is 0 Å². The van der Waals surface area contributed by atoms with E-state index in [4.69, 9.17) is 4.42 Å². The molecule has 0 unspecified atom stereocenters. The minimum atomic E-state index is -0.144. The molecule has 0 N–H and O–H groups in total. The predicted octanol–water partition coefficient (Wildman–Crippen LogP) is 17.2. The molecule has 11 aromatic carbocycles. The van der Waals surface area contributed by atoms with Crippen molar-refractivity contribution in [2.45, 2.75) is 0 Å². The van der Waals surface area contributed by atoms with Crippen molar-refractivity contribution in [2.24, 2.45) is 0 Å². The molecule has 0 aliphatic rings. The molecule has 2 nitrogen and oxygen atoms in total. The van der Waals surface area contributed by atoms with E-state index < -0.39 is 0 Å². The number of benzene rings is 11. The van der Waals surface area contributed by atoms with Crippen molar-refractivity contribution in [3.63, 3.8) is 0 Å². The van der Waals surface area contributed by atoms with Crippen molar-refractivity contribution in [1.29, 1.82) is 0 Å². The molecule has 0 amide bonds. The Morgan fingerprint density at radius 2 is 0.839 bits per heavy atom. The fourth-order valence-corrected chi connectivity index (χ4v) is 9.18. The molecule has 62 heavy (non-hydrogen) atoms. The van der Waals surface area contributed by atoms with Crippen LogP contribution in [0, 0.1) is 0 Å². The standard InChI is InChI=1S/C60H39NO/c1-4-18-49-42(13-1)16-11-23-51(49)44-29-27-40(28-30-44)41-31-35-47(36-32-41)61(48-37-33-45(34-38-48)52-24-12-17-43-14-2-5-19-50(43)52)57-25-9-7-21-54(57)56-39-46-15-3-6-20-53(46)60-59(56)55-22-8-10-26-58(55)62-60/h1-39H/i31D,32D,35D,36D. The van der Waals surface area contributed by atoms with Crippen LogP contribution in [0.4, 0.5) is 17.1 Å². The normalized spacial score (nSPS) is 12.5. The van der Waals surface area contributed by atoms with Crippen LogP contribution >= 0.6 is 0 Å². The highest BCUT2D eigenvalue weighted by atomic mass is 16.3. The number of hydrogen-bond donors (Lipinski definition) is 0. The van der Waals surface area contributed by atoms with Gasteiger partial charge in [-0.1, -0.05) is 194 Å². The number of para-hydroxylation sites is 2. The number of nitrogens with zero attached hydrogens (tertiary/aromatic N) is 1. The van der Waals surface area contributed by atoms with E-state index >= 15 is 0 Å². The quantitative estimate of drug-likeness (QED) is 0.160. The largest absolute Gasteiger partial charge is 0.455 e. The van der Waals surface area contributed by atoms with E-state index in [0.29, 0.717) is 16.9 Å². The zero-order valence-corrected chi connectivity index (χ0v) is 33.6. The molecule has 0 saturated carbocycles. The second-order valence-electron chi connectivity index (χ2n) is 15.7. The van der Waals surface area contributed by atoms with Gasteiger partial charge in [-0.2, -0.15) is 0 Å². The second kappa shape index (κ2) is 14.8. The molecule has 1 heterocycles. The summed E-state index contributed by atoms with van der Waals surface area (Å²) in [4.78, 5) is 1.90. The van der Waals surface area contributed by atoms with Gasteiger partial charge in [0, 0.05) is 33.1 Å². The molecular formula is C60H39NO. The molecule has 2 heteroatoms. The molecule has 0 spiro atoms. The summed E-state index contributed by atoms with van der Waals surface area (Å²) in [5.74, 6) is 0. The lowest BCUT2D eigenvalue weighted by molar-refractivity contribution is 0.673. The average molecular weight is 794 g/mol. The lowest BCUT2D eigenvalue weighted by Crippen LogP contribution is -2.11. The van der Waals surface area contributed by atoms with Gasteiger partial charge in [0.2, 0.25) is 0 Å². The van der Waals surface area contributed by atoms with Crippen molar-refractivity contribution < 1.29 is 9.90 Å². The van der Waals surface area contributed by atoms with Crippen LogP contribution in [-0.4, -0.2) is 0 Å². The third-order valence-electron chi connectivity index (χ3n) is 12.1. The van der Waals surface area contributed by atoms with Crippen molar-refractivity contribution in [1.82, 2.24) is 0 Å². The fraction of sp³-hybridized carbons (Fsp3) is 0. The Bertz CT molecular complexity index is 3830. The van der Waals surface area contributed by atoms with Crippen LogP contribution in [-0.2, 0) is 0 Å². The average Bonchev–Trinajstić information content (AvgIpc) is 3.77. The maximum atomic E-state index is 9.84. The zero-order valence-electron chi connectivity index (χ0n) is 37.6. The molecule has 0 radical (unpaired) electrons. The van der Waals surface area contributed by atoms with E-state index in [2.05, 4.69) is 103 Å². The summed E-state index contributed by atoms with van der Waals surface area (Å²) in [6.07, 6.45) is 0. The minimum Gasteiger partial charge on any atom is -0.455 e. The second-order valence-corrected chi connectivity index (χ2v) is 15.7. The zero-order chi connectivity index (χ0) is 44.5. The third kappa shape index (κ3) is 6.04. The van der Waals surface area contributed by atoms with Gasteiger partial charge in [-0.05, 0) is 108 Å². The highest BCUT2D eigenvalue weighted by molar-refractivity contribution is 6.22. The summed E-state index contributed by atoms with van der Waals surface area (Å²) in [5.41, 5.74) is 9.95. The monoisotopic (exact) mass is 793 g/mol. The molecule has 0 aliphatic carbocycles. The van der Waals surface area contributed by atoms with Crippen molar-refractivity contribution in [3.8, 4) is 44.5 Å². The predicted molar refractivity (Wildman–Crippen MR) is 263 cm³/mol. The summed E-state index contributed by atoms with van der Waals surface area (Å²) < 4.78 is 45.6. The Labute approximate surface area is 365 Å². The lowest BCUT2D eigenvalue weighted by Gasteiger charge is -2.28. The number of furan rings is 1. The molecule has 12 rings (SSSR count). The van der Waals surface area contributed by atoms with Gasteiger partial charge in [0.25, 0.3) is 0 Å². The Balaban J connectivity index is 1.06. The molecule has 0 bridgehead atoms. The van der Waals surface area contributed by atoms with Gasteiger partial charge in [-0.3, -0.25) is 0 Å². The van der Waals surface area contributed by atoms with E-state index in [0.717, 1.165) is 87.6 Å². The van der Waals surface area contributed by atoms with Crippen molar-refractivity contribution >= 4 is 71.3 Å². The number of rotatable bonds is 7. The Kier molecular flexibility index (Phi) is 7.57. The highest BCUT2D eigenvalue weighted by Gasteiger charge is 2.22. The molecule has 1 aromatic heterocycles. The topological polar surface area (TPSA) is 16.4 Å². The third-order valence-corrected chi connectivity index (χ3v) is 12.1. The van der Waals surface area contributed by atoms with Gasteiger partial charge in [-0.15, -0.1) is 0 Å². The van der Waals surface area contributed by atoms with E-state index in [1.54, 1.807) is 0 Å². The molecule has 0 aliphatic heterocycles. The summed E-state index contributed by atoms with van der Waals surface area (Å²) >= 11 is 0. The number of anilines is 3. The first-order valence-corrected chi connectivity index (χ1v) is 20.9. The summed E-state index contributed by atoms with van der Waals surface area (Å²) in [6.45, 7) is 0. The Hall–Kier alpha value is -8.20. The van der Waals surface area contributed by atoms with Crippen LogP contribution in [0.15, 0.2) is 241 Å². The summed E-state index contributed by atoms with van der Waals surface area (Å²) in [5, 5.41) is 8.53. The van der Waals surface area contributed by atoms with E-state index in [9.17, 15) is 5.48 Å². The summed E-state index contributed by atoms with van der Waals surface area (Å²) in [6, 6.07) is 71.2. The van der Waals surface area contributed by atoms with Crippen molar-refractivity contribution in [2.75, 3.05) is 4.90 Å². The van der Waals surface area contributed by atoms with Crippen LogP contribution < -0.4 is 4.90 Å². The van der Waals surface area contributed by atoms with Crippen LogP contribution in [0.25, 0.3) is 98.8 Å². The van der Waals surface area contributed by atoms with Crippen LogP contribution in [0.1, 0.15) is 5.48 Å². The van der Waals surface area contributed by atoms with Crippen LogP contribution in [0.5, 0.6) is 0 Å². The first-order valence-electron chi connectivity index (χ1n) is 22.9. The summed E-state index contributed by atoms with van der Waals surface area (Å²) in [7, 11) is 0. The maximum absolute atomic E-state index is 9.84. The van der Waals surface area contributed by atoms with Gasteiger partial charge in [0.15, 0.2) is 0 Å². The lowest BCUT2D eigenvalue weighted by atomic mass is 9.93. The fourth-order valence-electron chi connectivity index (χ4n) is 9.18. The smallest absolute Gasteiger partial charge is 0.143 e. The van der Waals surface area contributed by atoms with Crippen LogP contribution in [0.2, 0.25) is 0 Å². The molecule has 0 saturated heterocycles. The SMILES string of the molecule is [2H]c1c([2H])c(N(c2ccc(-c3cccc4ccccc34)cc2)c2ccccc2-c2cc3ccccc3c3oc4ccccc4c23)c([2H])c([2H])c1-c1ccc(-c2cccc3ccccc23)cc1. The first-order chi connectivity index (χ1) is 32.4. The van der Waals surface area contributed by atoms with E-state index in [1.807, 2.05) is 114 Å². The number of hydrogen-bond acceptors (Lipinski definition) is 2. The Morgan fingerprint density at radius 3 is 1.52 bits per heavy atom. The van der Waals surface area contributed by atoms with E-state index in [1.165, 1.54) is 0 Å². The first kappa shape index (κ1) is 31.7. The molecule has 0 fully saturated rings. The Morgan fingerprint density at radius 1 is 0.339 bits per heavy atom. The van der Waals surface area contributed by atoms with Gasteiger partial charge in [0.05, 0.1) is 11.2 Å². The minimum absolute atomic E-state index is 0.118.